The molecule has 10 heteroatoms. The van der Waals surface area contributed by atoms with Crippen molar-refractivity contribution in [2.24, 2.45) is 4.99 Å². The van der Waals surface area contributed by atoms with Gasteiger partial charge in [0.25, 0.3) is 0 Å². The maximum atomic E-state index is 14.7. The molecule has 8 nitrogen and oxygen atoms in total. The number of hydrogen-bond donors (Lipinski definition) is 1. The Bertz CT molecular complexity index is 912. The van der Waals surface area contributed by atoms with E-state index in [0.29, 0.717) is 0 Å². The number of alkyl carbamates (subject to hydrolysis) is 1. The number of amides is 1. The van der Waals surface area contributed by atoms with Crippen LogP contribution in [0.1, 0.15) is 32.8 Å². The Labute approximate surface area is 163 Å². The minimum absolute atomic E-state index is 0.111. The predicted molar refractivity (Wildman–Crippen MR) is 101 cm³/mol. The monoisotopic (exact) mass is 413 g/mol. The molecule has 1 aromatic carbocycles. The Morgan fingerprint density at radius 3 is 2.71 bits per heavy atom. The van der Waals surface area contributed by atoms with Crippen LogP contribution in [-0.2, 0) is 25.0 Å². The number of hydrogen-bond acceptors (Lipinski definition) is 6. The van der Waals surface area contributed by atoms with Crippen molar-refractivity contribution < 1.29 is 27.1 Å². The van der Waals surface area contributed by atoms with Crippen LogP contribution in [0.2, 0.25) is 0 Å². The van der Waals surface area contributed by atoms with Crippen LogP contribution in [-0.4, -0.2) is 55.9 Å². The Morgan fingerprint density at radius 1 is 1.39 bits per heavy atom. The largest absolute Gasteiger partial charge is 0.444 e. The summed E-state index contributed by atoms with van der Waals surface area (Å²) in [6.07, 6.45) is -0.698. The van der Waals surface area contributed by atoms with Crippen molar-refractivity contribution in [3.63, 3.8) is 0 Å². The molecular weight excluding hydrogens is 389 g/mol. The minimum atomic E-state index is -3.94. The molecule has 1 amide bonds. The summed E-state index contributed by atoms with van der Waals surface area (Å²) in [6.45, 7) is 5.15. The van der Waals surface area contributed by atoms with Gasteiger partial charge in [-0.25, -0.2) is 26.9 Å². The minimum Gasteiger partial charge on any atom is -0.444 e. The van der Waals surface area contributed by atoms with Crippen molar-refractivity contribution in [2.75, 3.05) is 20.3 Å². The second-order valence-corrected chi connectivity index (χ2v) is 9.96. The third-order valence-electron chi connectivity index (χ3n) is 4.68. The number of carbonyl (C=O) groups is 1. The van der Waals surface area contributed by atoms with E-state index in [2.05, 4.69) is 10.3 Å². The van der Waals surface area contributed by atoms with Crippen LogP contribution in [0, 0.1) is 5.82 Å². The number of sulfonamides is 1. The van der Waals surface area contributed by atoms with Crippen molar-refractivity contribution in [3.8, 4) is 0 Å². The zero-order valence-electron chi connectivity index (χ0n) is 16.2. The fraction of sp³-hybridized carbons (Fsp3) is 0.556. The first-order valence-corrected chi connectivity index (χ1v) is 10.4. The number of rotatable bonds is 1. The molecule has 154 valence electrons. The topological polar surface area (TPSA) is 97.3 Å². The Hall–Kier alpha value is -2.20. The van der Waals surface area contributed by atoms with E-state index in [1.807, 2.05) is 0 Å². The highest BCUT2D eigenvalue weighted by Gasteiger charge is 2.56. The predicted octanol–water partition coefficient (Wildman–Crippen LogP) is 1.97. The second-order valence-electron chi connectivity index (χ2n) is 7.81. The molecule has 0 aromatic heterocycles. The molecule has 2 aliphatic heterocycles. The van der Waals surface area contributed by atoms with Crippen LogP contribution in [0.4, 0.5) is 9.18 Å². The van der Waals surface area contributed by atoms with Crippen LogP contribution in [0.15, 0.2) is 29.3 Å². The molecule has 2 aliphatic rings. The van der Waals surface area contributed by atoms with E-state index in [4.69, 9.17) is 9.47 Å². The fourth-order valence-electron chi connectivity index (χ4n) is 3.45. The standard InChI is InChI=1S/C18H24FN3O5S/c1-17(2,3)27-16(23)20-15-21-18(12-7-5-6-8-13(12)19)11-26-10-9-14(18)28(24,25)22(15)4/h5-8,14H,9-11H2,1-4H3,(H,20,21,23)/t14?,18-/m1/s1. The lowest BCUT2D eigenvalue weighted by molar-refractivity contribution is 0.0352. The zero-order valence-corrected chi connectivity index (χ0v) is 17.0. The number of fused-ring (bicyclic) bond motifs is 1. The average Bonchev–Trinajstić information content (AvgIpc) is 2.58. The smallest absolute Gasteiger partial charge is 0.414 e. The van der Waals surface area contributed by atoms with Gasteiger partial charge in [-0.05, 0) is 33.3 Å². The van der Waals surface area contributed by atoms with Crippen LogP contribution < -0.4 is 5.32 Å². The summed E-state index contributed by atoms with van der Waals surface area (Å²) in [6, 6.07) is 5.87. The third-order valence-corrected chi connectivity index (χ3v) is 6.96. The fourth-order valence-corrected chi connectivity index (χ4v) is 5.29. The normalized spacial score (nSPS) is 26.8. The van der Waals surface area contributed by atoms with Gasteiger partial charge in [0, 0.05) is 19.2 Å². The number of nitrogens with one attached hydrogen (secondary N) is 1. The molecular formula is C18H24FN3O5S. The van der Waals surface area contributed by atoms with Gasteiger partial charge in [0.15, 0.2) is 0 Å². The highest BCUT2D eigenvalue weighted by Crippen LogP contribution is 2.43. The van der Waals surface area contributed by atoms with Crippen LogP contribution in [0.3, 0.4) is 0 Å². The van der Waals surface area contributed by atoms with E-state index in [1.165, 1.54) is 25.2 Å². The van der Waals surface area contributed by atoms with Gasteiger partial charge in [0.1, 0.15) is 22.2 Å². The van der Waals surface area contributed by atoms with E-state index < -0.39 is 38.3 Å². The van der Waals surface area contributed by atoms with Crippen molar-refractivity contribution in [1.82, 2.24) is 9.62 Å². The summed E-state index contributed by atoms with van der Waals surface area (Å²) in [5.41, 5.74) is -2.17. The van der Waals surface area contributed by atoms with E-state index >= 15 is 0 Å². The molecule has 2 heterocycles. The van der Waals surface area contributed by atoms with Gasteiger partial charge in [-0.2, -0.15) is 0 Å². The van der Waals surface area contributed by atoms with Gasteiger partial charge in [0.05, 0.1) is 6.61 Å². The Kier molecular flexibility index (Phi) is 5.13. The second kappa shape index (κ2) is 7.00. The number of aliphatic imine (C=N–C) groups is 1. The Morgan fingerprint density at radius 2 is 2.07 bits per heavy atom. The first kappa shape index (κ1) is 20.5. The van der Waals surface area contributed by atoms with Crippen molar-refractivity contribution in [2.45, 2.75) is 43.6 Å². The highest BCUT2D eigenvalue weighted by atomic mass is 32.2. The first-order valence-electron chi connectivity index (χ1n) is 8.88. The number of nitrogens with zero attached hydrogens (tertiary/aromatic N) is 2. The van der Waals surface area contributed by atoms with Crippen molar-refractivity contribution in [1.29, 1.82) is 0 Å². The molecule has 28 heavy (non-hydrogen) atoms. The molecule has 2 atom stereocenters. The lowest BCUT2D eigenvalue weighted by Gasteiger charge is -2.46. The first-order chi connectivity index (χ1) is 13.0. The van der Waals surface area contributed by atoms with Crippen LogP contribution in [0.5, 0.6) is 0 Å². The number of ether oxygens (including phenoxy) is 2. The van der Waals surface area contributed by atoms with Gasteiger partial charge in [0.2, 0.25) is 16.0 Å². The van der Waals surface area contributed by atoms with Gasteiger partial charge in [-0.1, -0.05) is 18.2 Å². The molecule has 0 bridgehead atoms. The van der Waals surface area contributed by atoms with Gasteiger partial charge in [-0.3, -0.25) is 5.32 Å². The molecule has 1 unspecified atom stereocenters. The van der Waals surface area contributed by atoms with Gasteiger partial charge >= 0.3 is 6.09 Å². The Balaban J connectivity index is 2.12. The van der Waals surface area contributed by atoms with E-state index in [0.717, 1.165) is 4.31 Å². The summed E-state index contributed by atoms with van der Waals surface area (Å²) in [4.78, 5) is 16.7. The molecule has 1 saturated heterocycles. The lowest BCUT2D eigenvalue weighted by Crippen LogP contribution is -2.62. The maximum Gasteiger partial charge on any atom is 0.414 e. The third kappa shape index (κ3) is 3.58. The lowest BCUT2D eigenvalue weighted by atomic mass is 9.84. The molecule has 1 fully saturated rings. The van der Waals surface area contributed by atoms with Crippen molar-refractivity contribution in [3.05, 3.63) is 35.6 Å². The SMILES string of the molecule is CN1C(NC(=O)OC(C)(C)C)=N[C@@]2(c3ccccc3F)COCCC2S1(=O)=O. The summed E-state index contributed by atoms with van der Waals surface area (Å²) in [5, 5.41) is 1.37. The maximum absolute atomic E-state index is 14.7. The number of carbonyl (C=O) groups excluding carboxylic acids is 1. The molecule has 0 radical (unpaired) electrons. The summed E-state index contributed by atoms with van der Waals surface area (Å²) in [5.74, 6) is -0.822. The van der Waals surface area contributed by atoms with E-state index in [1.54, 1.807) is 26.8 Å². The van der Waals surface area contributed by atoms with Gasteiger partial charge < -0.3 is 9.47 Å². The molecule has 0 saturated carbocycles. The zero-order chi connectivity index (χ0) is 20.7. The molecule has 1 N–H and O–H groups in total. The average molecular weight is 413 g/mol. The molecule has 1 aromatic rings. The highest BCUT2D eigenvalue weighted by molar-refractivity contribution is 7.90. The van der Waals surface area contributed by atoms with E-state index in [9.17, 15) is 17.6 Å². The quantitative estimate of drug-likeness (QED) is 0.759. The van der Waals surface area contributed by atoms with E-state index in [-0.39, 0.29) is 31.2 Å². The molecule has 0 spiro atoms. The molecule has 0 aliphatic carbocycles. The van der Waals surface area contributed by atoms with Gasteiger partial charge in [-0.15, -0.1) is 0 Å². The van der Waals surface area contributed by atoms with Crippen LogP contribution >= 0.6 is 0 Å². The summed E-state index contributed by atoms with van der Waals surface area (Å²) in [7, 11) is -2.64. The number of guanidine groups is 1. The van der Waals surface area contributed by atoms with Crippen molar-refractivity contribution >= 4 is 22.1 Å². The summed E-state index contributed by atoms with van der Waals surface area (Å²) < 4.78 is 52.7. The number of halogens is 1. The summed E-state index contributed by atoms with van der Waals surface area (Å²) >= 11 is 0. The number of benzene rings is 1. The molecule has 3 rings (SSSR count). The van der Waals surface area contributed by atoms with Crippen LogP contribution in [0.25, 0.3) is 0 Å².